The molecule has 0 bridgehead atoms. The molecule has 0 N–H and O–H groups in total. The molecule has 0 unspecified atom stereocenters. The van der Waals surface area contributed by atoms with Crippen molar-refractivity contribution in [3.05, 3.63) is 164 Å². The smallest absolute Gasteiger partial charge is 0.0619 e. The van der Waals surface area contributed by atoms with Gasteiger partial charge in [-0.1, -0.05) is 127 Å². The minimum Gasteiger partial charge on any atom is -0.309 e. The van der Waals surface area contributed by atoms with E-state index in [-0.39, 0.29) is 0 Å². The maximum atomic E-state index is 2.43. The van der Waals surface area contributed by atoms with E-state index < -0.39 is 0 Å². The van der Waals surface area contributed by atoms with Gasteiger partial charge >= 0.3 is 0 Å². The van der Waals surface area contributed by atoms with Crippen LogP contribution in [0.4, 0.5) is 0 Å². The topological polar surface area (TPSA) is 4.93 Å². The Morgan fingerprint density at radius 2 is 1.11 bits per heavy atom. The summed E-state index contributed by atoms with van der Waals surface area (Å²) in [6.07, 6.45) is 0. The van der Waals surface area contributed by atoms with E-state index in [9.17, 15) is 0 Å². The number of hydrogen-bond donors (Lipinski definition) is 0. The SMILES string of the molecule is c1ccc(-n2c3ccccc3c3cc(-c4cccc(-c5ccc6c(c5)-c5cccc7cccc(c57)S6)c4)c4ccccc4c32)cc1. The Morgan fingerprint density at radius 1 is 0.391 bits per heavy atom. The minimum absolute atomic E-state index is 1.18. The molecule has 0 saturated heterocycles. The fraction of sp³-hybridized carbons (Fsp3) is 0. The highest BCUT2D eigenvalue weighted by Crippen LogP contribution is 2.49. The number of rotatable bonds is 3. The van der Waals surface area contributed by atoms with Gasteiger partial charge in [-0.2, -0.15) is 0 Å². The second-order valence-corrected chi connectivity index (χ2v) is 13.2. The van der Waals surface area contributed by atoms with Gasteiger partial charge < -0.3 is 4.57 Å². The Bertz CT molecular complexity index is 2660. The molecule has 214 valence electrons. The Morgan fingerprint density at radius 3 is 2.00 bits per heavy atom. The third-order valence-corrected chi connectivity index (χ3v) is 10.7. The van der Waals surface area contributed by atoms with Crippen molar-refractivity contribution in [3.63, 3.8) is 0 Å². The lowest BCUT2D eigenvalue weighted by atomic mass is 9.91. The van der Waals surface area contributed by atoms with Gasteiger partial charge in [0.25, 0.3) is 0 Å². The van der Waals surface area contributed by atoms with Gasteiger partial charge in [0.2, 0.25) is 0 Å². The van der Waals surface area contributed by atoms with E-state index in [1.807, 2.05) is 11.8 Å². The third-order valence-electron chi connectivity index (χ3n) is 9.55. The number of hydrogen-bond acceptors (Lipinski definition) is 1. The summed E-state index contributed by atoms with van der Waals surface area (Å²) in [6.45, 7) is 0. The molecule has 10 rings (SSSR count). The van der Waals surface area contributed by atoms with Crippen LogP contribution < -0.4 is 0 Å². The standard InChI is InChI=1S/C44H27NS/c1-2-15-32(16-3-1)45-40-21-7-6-18-34(40)39-27-37(33-17-4-5-19-36(33)44(39)45)31-14-8-13-29(25-31)30-23-24-41-38(26-30)35-20-9-11-28-12-10-22-42(46-41)43(28)35/h1-27H. The zero-order chi connectivity index (χ0) is 30.2. The molecule has 2 heterocycles. The number of fused-ring (bicyclic) bond motifs is 7. The maximum absolute atomic E-state index is 2.43. The summed E-state index contributed by atoms with van der Waals surface area (Å²) in [4.78, 5) is 2.66. The molecule has 0 spiro atoms. The molecular weight excluding hydrogens is 575 g/mol. The van der Waals surface area contributed by atoms with E-state index >= 15 is 0 Å². The molecule has 0 aliphatic carbocycles. The quantitative estimate of drug-likeness (QED) is 0.195. The lowest BCUT2D eigenvalue weighted by Crippen LogP contribution is -1.94. The average Bonchev–Trinajstić information content (AvgIpc) is 3.46. The van der Waals surface area contributed by atoms with Crippen LogP contribution in [0.15, 0.2) is 174 Å². The van der Waals surface area contributed by atoms with Gasteiger partial charge in [-0.05, 0) is 92.7 Å². The van der Waals surface area contributed by atoms with Crippen LogP contribution in [0, 0.1) is 0 Å². The van der Waals surface area contributed by atoms with E-state index in [4.69, 9.17) is 0 Å². The molecule has 1 aliphatic rings. The first-order valence-corrected chi connectivity index (χ1v) is 16.6. The largest absolute Gasteiger partial charge is 0.309 e. The Hall–Kier alpha value is -5.57. The fourth-order valence-electron chi connectivity index (χ4n) is 7.52. The van der Waals surface area contributed by atoms with Crippen LogP contribution in [0.3, 0.4) is 0 Å². The number of benzene rings is 8. The average molecular weight is 602 g/mol. The summed E-state index contributed by atoms with van der Waals surface area (Å²) in [5.74, 6) is 0. The highest BCUT2D eigenvalue weighted by molar-refractivity contribution is 7.99. The van der Waals surface area contributed by atoms with Gasteiger partial charge in [0.15, 0.2) is 0 Å². The summed E-state index contributed by atoms with van der Waals surface area (Å²) in [7, 11) is 0. The van der Waals surface area contributed by atoms with Crippen LogP contribution in [-0.4, -0.2) is 4.57 Å². The van der Waals surface area contributed by atoms with Gasteiger partial charge in [-0.3, -0.25) is 0 Å². The van der Waals surface area contributed by atoms with E-state index in [0.29, 0.717) is 0 Å². The van der Waals surface area contributed by atoms with Crippen molar-refractivity contribution in [2.24, 2.45) is 0 Å². The first-order valence-electron chi connectivity index (χ1n) is 15.8. The van der Waals surface area contributed by atoms with E-state index in [0.717, 1.165) is 0 Å². The minimum atomic E-state index is 1.18. The Kier molecular flexibility index (Phi) is 5.58. The van der Waals surface area contributed by atoms with Crippen LogP contribution in [-0.2, 0) is 0 Å². The molecule has 9 aromatic rings. The predicted molar refractivity (Wildman–Crippen MR) is 196 cm³/mol. The predicted octanol–water partition coefficient (Wildman–Crippen LogP) is 12.6. The van der Waals surface area contributed by atoms with Crippen molar-refractivity contribution in [1.29, 1.82) is 0 Å². The molecule has 0 saturated carbocycles. The van der Waals surface area contributed by atoms with Crippen molar-refractivity contribution in [2.45, 2.75) is 9.79 Å². The molecule has 46 heavy (non-hydrogen) atoms. The monoisotopic (exact) mass is 601 g/mol. The first-order chi connectivity index (χ1) is 22.8. The van der Waals surface area contributed by atoms with Gasteiger partial charge in [0.05, 0.1) is 11.0 Å². The summed E-state index contributed by atoms with van der Waals surface area (Å²) >= 11 is 1.88. The molecule has 2 heteroatoms. The second-order valence-electron chi connectivity index (χ2n) is 12.1. The Labute approximate surface area is 271 Å². The molecule has 0 radical (unpaired) electrons. The molecule has 0 atom stereocenters. The number of aromatic nitrogens is 1. The van der Waals surface area contributed by atoms with Crippen LogP contribution in [0.5, 0.6) is 0 Å². The maximum Gasteiger partial charge on any atom is 0.0619 e. The molecule has 1 aliphatic heterocycles. The third kappa shape index (κ3) is 3.77. The highest BCUT2D eigenvalue weighted by Gasteiger charge is 2.21. The summed E-state index contributed by atoms with van der Waals surface area (Å²) < 4.78 is 2.43. The van der Waals surface area contributed by atoms with Crippen LogP contribution >= 0.6 is 11.8 Å². The van der Waals surface area contributed by atoms with Gasteiger partial charge in [0.1, 0.15) is 0 Å². The highest BCUT2D eigenvalue weighted by atomic mass is 32.2. The van der Waals surface area contributed by atoms with Crippen LogP contribution in [0.25, 0.3) is 82.4 Å². The van der Waals surface area contributed by atoms with Crippen molar-refractivity contribution in [2.75, 3.05) is 0 Å². The second kappa shape index (κ2) is 9.97. The molecule has 1 nitrogen and oxygen atoms in total. The molecule has 8 aromatic carbocycles. The van der Waals surface area contributed by atoms with Crippen molar-refractivity contribution >= 4 is 55.1 Å². The van der Waals surface area contributed by atoms with E-state index in [1.54, 1.807) is 0 Å². The molecule has 0 amide bonds. The Balaban J connectivity index is 1.18. The van der Waals surface area contributed by atoms with Gasteiger partial charge in [-0.15, -0.1) is 0 Å². The number of nitrogens with zero attached hydrogens (tertiary/aromatic N) is 1. The lowest BCUT2D eigenvalue weighted by Gasteiger charge is -2.21. The zero-order valence-electron chi connectivity index (χ0n) is 24.9. The van der Waals surface area contributed by atoms with Gasteiger partial charge in [-0.25, -0.2) is 0 Å². The summed E-state index contributed by atoms with van der Waals surface area (Å²) in [5, 5.41) is 7.73. The van der Waals surface area contributed by atoms with Gasteiger partial charge in [0, 0.05) is 37.0 Å². The lowest BCUT2D eigenvalue weighted by molar-refractivity contribution is 1.19. The summed E-state index contributed by atoms with van der Waals surface area (Å²) in [5.41, 5.74) is 11.3. The van der Waals surface area contributed by atoms with E-state index in [1.165, 1.54) is 92.2 Å². The first kappa shape index (κ1) is 25.7. The van der Waals surface area contributed by atoms with Crippen LogP contribution in [0.1, 0.15) is 0 Å². The van der Waals surface area contributed by atoms with E-state index in [2.05, 4.69) is 168 Å². The summed E-state index contributed by atoms with van der Waals surface area (Å²) in [6, 6.07) is 60.2. The normalized spacial score (nSPS) is 12.3. The number of para-hydroxylation sites is 2. The van der Waals surface area contributed by atoms with Crippen molar-refractivity contribution in [3.8, 4) is 39.1 Å². The zero-order valence-corrected chi connectivity index (χ0v) is 25.8. The van der Waals surface area contributed by atoms with Crippen LogP contribution in [0.2, 0.25) is 0 Å². The van der Waals surface area contributed by atoms with Crippen molar-refractivity contribution in [1.82, 2.24) is 4.57 Å². The molecule has 1 aromatic heterocycles. The fourth-order valence-corrected chi connectivity index (χ4v) is 8.65. The van der Waals surface area contributed by atoms with Crippen molar-refractivity contribution < 1.29 is 0 Å². The molecular formula is C44H27NS. The molecule has 0 fully saturated rings.